The first-order chi connectivity index (χ1) is 11.2. The number of carbonyl (C=O) groups excluding carboxylic acids is 1. The van der Waals surface area contributed by atoms with Gasteiger partial charge in [-0.3, -0.25) is 0 Å². The lowest BCUT2D eigenvalue weighted by Gasteiger charge is -2.32. The number of hydrogen-bond acceptors (Lipinski definition) is 3. The third-order valence-electron chi connectivity index (χ3n) is 4.84. The Morgan fingerprint density at radius 1 is 1.38 bits per heavy atom. The van der Waals surface area contributed by atoms with Crippen molar-refractivity contribution in [1.82, 2.24) is 10.2 Å². The molecule has 130 valence electrons. The Hall–Kier alpha value is -1.62. The number of amides is 1. The molecule has 1 amide bonds. The summed E-state index contributed by atoms with van der Waals surface area (Å²) < 4.78 is 5.40. The molecule has 3 rings (SSSR count). The van der Waals surface area contributed by atoms with Crippen LogP contribution in [0.1, 0.15) is 57.7 Å². The lowest BCUT2D eigenvalue weighted by molar-refractivity contribution is 0.0493. The van der Waals surface area contributed by atoms with E-state index in [9.17, 15) is 4.79 Å². The number of ether oxygens (including phenoxy) is 1. The number of carbonyl (C=O) groups is 1. The molecule has 0 radical (unpaired) electrons. The first-order valence-corrected chi connectivity index (χ1v) is 9.00. The molecule has 2 atom stereocenters. The van der Waals surface area contributed by atoms with Crippen LogP contribution in [-0.4, -0.2) is 33.7 Å². The molecule has 4 nitrogen and oxygen atoms in total. The molecule has 1 fully saturated rings. The van der Waals surface area contributed by atoms with E-state index in [1.165, 1.54) is 11.1 Å². The van der Waals surface area contributed by atoms with Gasteiger partial charge in [-0.15, -0.1) is 0 Å². The number of thiocarbonyl (C=S) groups is 1. The molecule has 2 aliphatic rings. The smallest absolute Gasteiger partial charge is 0.408 e. The fourth-order valence-corrected chi connectivity index (χ4v) is 4.04. The van der Waals surface area contributed by atoms with Gasteiger partial charge >= 0.3 is 6.09 Å². The van der Waals surface area contributed by atoms with Gasteiger partial charge in [-0.05, 0) is 58.1 Å². The third kappa shape index (κ3) is 3.27. The van der Waals surface area contributed by atoms with E-state index in [4.69, 9.17) is 17.0 Å². The fraction of sp³-hybridized carbons (Fsp3) is 0.579. The third-order valence-corrected chi connectivity index (χ3v) is 5.52. The number of rotatable bonds is 2. The Labute approximate surface area is 149 Å². The Morgan fingerprint density at radius 2 is 2.08 bits per heavy atom. The van der Waals surface area contributed by atoms with Crippen LogP contribution in [0, 0.1) is 0 Å². The van der Waals surface area contributed by atoms with Gasteiger partial charge in [0.25, 0.3) is 0 Å². The van der Waals surface area contributed by atoms with E-state index >= 15 is 0 Å². The minimum atomic E-state index is -0.519. The van der Waals surface area contributed by atoms with Crippen molar-refractivity contribution in [2.45, 2.75) is 64.1 Å². The lowest BCUT2D eigenvalue weighted by Crippen LogP contribution is -2.52. The highest BCUT2D eigenvalue weighted by Crippen LogP contribution is 2.40. The van der Waals surface area contributed by atoms with Gasteiger partial charge in [-0.2, -0.15) is 0 Å². The molecule has 0 saturated carbocycles. The molecular formula is C19H26N2O2S. The second-order valence-electron chi connectivity index (χ2n) is 7.96. The van der Waals surface area contributed by atoms with Crippen LogP contribution in [0.25, 0.3) is 0 Å². The van der Waals surface area contributed by atoms with Crippen LogP contribution in [0.3, 0.4) is 0 Å². The first-order valence-electron chi connectivity index (χ1n) is 8.60. The molecule has 0 aromatic heterocycles. The fourth-order valence-electron chi connectivity index (χ4n) is 3.67. The molecule has 1 aliphatic carbocycles. The number of benzene rings is 1. The number of aryl methyl sites for hydroxylation is 1. The topological polar surface area (TPSA) is 41.6 Å². The van der Waals surface area contributed by atoms with Crippen molar-refractivity contribution in [2.75, 3.05) is 6.54 Å². The Balaban J connectivity index is 1.72. The minimum Gasteiger partial charge on any atom is -0.444 e. The van der Waals surface area contributed by atoms with E-state index in [1.54, 1.807) is 0 Å². The van der Waals surface area contributed by atoms with Crippen LogP contribution in [0.15, 0.2) is 24.3 Å². The van der Waals surface area contributed by atoms with Crippen LogP contribution in [0.5, 0.6) is 0 Å². The summed E-state index contributed by atoms with van der Waals surface area (Å²) in [4.78, 5) is 15.3. The zero-order chi connectivity index (χ0) is 17.5. The summed E-state index contributed by atoms with van der Waals surface area (Å²) in [7, 11) is 0. The maximum Gasteiger partial charge on any atom is 0.408 e. The zero-order valence-electron chi connectivity index (χ0n) is 14.9. The largest absolute Gasteiger partial charge is 0.444 e. The predicted octanol–water partition coefficient (Wildman–Crippen LogP) is 3.99. The summed E-state index contributed by atoms with van der Waals surface area (Å²) in [5, 5.41) is 2.99. The second-order valence-corrected chi connectivity index (χ2v) is 8.35. The van der Waals surface area contributed by atoms with Gasteiger partial charge in [-0.1, -0.05) is 36.5 Å². The molecule has 1 heterocycles. The molecule has 1 aliphatic heterocycles. The van der Waals surface area contributed by atoms with Crippen molar-refractivity contribution < 1.29 is 9.53 Å². The molecule has 5 heteroatoms. The van der Waals surface area contributed by atoms with Gasteiger partial charge in [0.15, 0.2) is 0 Å². The second kappa shape index (κ2) is 6.03. The van der Waals surface area contributed by atoms with Crippen molar-refractivity contribution in [2.24, 2.45) is 0 Å². The van der Waals surface area contributed by atoms with E-state index < -0.39 is 17.2 Å². The predicted molar refractivity (Wildman–Crippen MR) is 99.2 cm³/mol. The van der Waals surface area contributed by atoms with E-state index in [-0.39, 0.29) is 0 Å². The van der Waals surface area contributed by atoms with Gasteiger partial charge in [0.05, 0.1) is 11.6 Å². The van der Waals surface area contributed by atoms with Crippen LogP contribution >= 0.6 is 12.2 Å². The van der Waals surface area contributed by atoms with Crippen LogP contribution in [-0.2, 0) is 11.2 Å². The van der Waals surface area contributed by atoms with E-state index in [2.05, 4.69) is 34.5 Å². The molecule has 0 unspecified atom stereocenters. The molecule has 1 aromatic carbocycles. The number of nitrogens with one attached hydrogen (secondary N) is 1. The van der Waals surface area contributed by atoms with Crippen LogP contribution in [0.2, 0.25) is 0 Å². The number of likely N-dealkylation sites (tertiary alicyclic amines) is 1. The summed E-state index contributed by atoms with van der Waals surface area (Å²) in [6, 6.07) is 8.92. The minimum absolute atomic E-state index is 0.330. The van der Waals surface area contributed by atoms with E-state index in [0.717, 1.165) is 30.8 Å². The normalized spacial score (nSPS) is 26.4. The molecular weight excluding hydrogens is 320 g/mol. The highest BCUT2D eigenvalue weighted by Gasteiger charge is 2.44. The molecule has 24 heavy (non-hydrogen) atoms. The maximum atomic E-state index is 12.2. The Bertz CT molecular complexity index is 668. The summed E-state index contributed by atoms with van der Waals surface area (Å²) >= 11 is 5.76. The number of alkyl carbamates (subject to hydrolysis) is 1. The Kier molecular flexibility index (Phi) is 4.32. The van der Waals surface area contributed by atoms with Crippen molar-refractivity contribution in [3.05, 3.63) is 35.4 Å². The van der Waals surface area contributed by atoms with Gasteiger partial charge < -0.3 is 15.0 Å². The standard InChI is InChI=1S/C19H26N2O2S/c1-18(2,3)23-17(22)20-19(4)11-12-21(16(19)24)15-10-9-13-7-5-6-8-14(13)15/h5-8,15H,9-12H2,1-4H3,(H,20,22)/t15-,19+/m1/s1. The summed E-state index contributed by atoms with van der Waals surface area (Å²) in [6.45, 7) is 8.46. The highest BCUT2D eigenvalue weighted by molar-refractivity contribution is 7.80. The first kappa shape index (κ1) is 17.2. The number of fused-ring (bicyclic) bond motifs is 1. The number of nitrogens with zero attached hydrogens (tertiary/aromatic N) is 1. The van der Waals surface area contributed by atoms with Crippen LogP contribution < -0.4 is 5.32 Å². The van der Waals surface area contributed by atoms with Gasteiger partial charge in [0.2, 0.25) is 0 Å². The molecule has 1 N–H and O–H groups in total. The van der Waals surface area contributed by atoms with E-state index in [1.807, 2.05) is 27.7 Å². The SMILES string of the molecule is CC(C)(C)OC(=O)N[C@@]1(C)CCN([C@@H]2CCc3ccccc32)C1=S. The zero-order valence-corrected chi connectivity index (χ0v) is 15.7. The van der Waals surface area contributed by atoms with Gasteiger partial charge in [-0.25, -0.2) is 4.79 Å². The summed E-state index contributed by atoms with van der Waals surface area (Å²) in [6.07, 6.45) is 2.59. The summed E-state index contributed by atoms with van der Waals surface area (Å²) in [5.74, 6) is 0. The maximum absolute atomic E-state index is 12.2. The van der Waals surface area contributed by atoms with Crippen LogP contribution in [0.4, 0.5) is 4.79 Å². The molecule has 0 bridgehead atoms. The molecule has 1 aromatic rings. The van der Waals surface area contributed by atoms with Crippen molar-refractivity contribution >= 4 is 23.3 Å². The number of hydrogen-bond donors (Lipinski definition) is 1. The van der Waals surface area contributed by atoms with Crippen molar-refractivity contribution in [3.63, 3.8) is 0 Å². The average Bonchev–Trinajstić information content (AvgIpc) is 3.00. The van der Waals surface area contributed by atoms with Gasteiger partial charge in [0, 0.05) is 6.54 Å². The average molecular weight is 346 g/mol. The molecule has 1 saturated heterocycles. The molecule has 0 spiro atoms. The highest BCUT2D eigenvalue weighted by atomic mass is 32.1. The quantitative estimate of drug-likeness (QED) is 0.822. The summed E-state index contributed by atoms with van der Waals surface area (Å²) in [5.41, 5.74) is 1.76. The van der Waals surface area contributed by atoms with Crippen molar-refractivity contribution in [1.29, 1.82) is 0 Å². The monoisotopic (exact) mass is 346 g/mol. The van der Waals surface area contributed by atoms with E-state index in [0.29, 0.717) is 6.04 Å². The lowest BCUT2D eigenvalue weighted by atomic mass is 10.0. The van der Waals surface area contributed by atoms with Gasteiger partial charge in [0.1, 0.15) is 10.6 Å². The van der Waals surface area contributed by atoms with Crippen molar-refractivity contribution in [3.8, 4) is 0 Å². The Morgan fingerprint density at radius 3 is 2.79 bits per heavy atom.